The molecule has 0 saturated carbocycles. The van der Waals surface area contributed by atoms with Gasteiger partial charge in [-0.3, -0.25) is 4.79 Å². The van der Waals surface area contributed by atoms with Crippen molar-refractivity contribution in [3.63, 3.8) is 0 Å². The summed E-state index contributed by atoms with van der Waals surface area (Å²) in [6.07, 6.45) is 0. The highest BCUT2D eigenvalue weighted by molar-refractivity contribution is 9.11. The molecular formula is C14H11Br2ClN2O. The summed E-state index contributed by atoms with van der Waals surface area (Å²) in [7, 11) is 0. The summed E-state index contributed by atoms with van der Waals surface area (Å²) in [5, 5.41) is 6.49. The minimum atomic E-state index is -0.122. The molecule has 0 bridgehead atoms. The average Bonchev–Trinajstić information content (AvgIpc) is 2.43. The van der Waals surface area contributed by atoms with Gasteiger partial charge in [-0.1, -0.05) is 23.7 Å². The van der Waals surface area contributed by atoms with E-state index in [1.807, 2.05) is 36.4 Å². The van der Waals surface area contributed by atoms with Crippen molar-refractivity contribution in [1.82, 2.24) is 0 Å². The third kappa shape index (κ3) is 4.23. The molecule has 104 valence electrons. The van der Waals surface area contributed by atoms with Crippen LogP contribution in [-0.4, -0.2) is 12.5 Å². The van der Waals surface area contributed by atoms with Gasteiger partial charge in [0, 0.05) is 14.6 Å². The van der Waals surface area contributed by atoms with E-state index in [2.05, 4.69) is 42.5 Å². The van der Waals surface area contributed by atoms with Gasteiger partial charge in [-0.05, 0) is 62.2 Å². The van der Waals surface area contributed by atoms with Gasteiger partial charge in [-0.25, -0.2) is 0 Å². The number of halogens is 3. The maximum absolute atomic E-state index is 11.9. The Hall–Kier alpha value is -1.04. The van der Waals surface area contributed by atoms with Gasteiger partial charge in [0.05, 0.1) is 17.3 Å². The van der Waals surface area contributed by atoms with Gasteiger partial charge in [0.25, 0.3) is 0 Å². The molecule has 0 heterocycles. The van der Waals surface area contributed by atoms with Crippen LogP contribution in [0.15, 0.2) is 51.4 Å². The second-order valence-corrected chi connectivity index (χ2v) is 6.13. The van der Waals surface area contributed by atoms with Crippen molar-refractivity contribution in [2.24, 2.45) is 0 Å². The molecule has 2 aromatic rings. The van der Waals surface area contributed by atoms with Crippen molar-refractivity contribution in [2.45, 2.75) is 0 Å². The van der Waals surface area contributed by atoms with Crippen LogP contribution in [0.2, 0.25) is 5.02 Å². The first-order chi connectivity index (χ1) is 9.56. The third-order valence-corrected chi connectivity index (χ3v) is 4.43. The Balaban J connectivity index is 1.92. The summed E-state index contributed by atoms with van der Waals surface area (Å²) in [6, 6.07) is 12.9. The van der Waals surface area contributed by atoms with E-state index in [9.17, 15) is 4.79 Å². The monoisotopic (exact) mass is 416 g/mol. The number of para-hydroxylation sites is 1. The van der Waals surface area contributed by atoms with E-state index in [1.54, 1.807) is 6.07 Å². The molecule has 0 atom stereocenters. The molecule has 0 spiro atoms. The van der Waals surface area contributed by atoms with Crippen molar-refractivity contribution in [3.05, 3.63) is 56.4 Å². The summed E-state index contributed by atoms with van der Waals surface area (Å²) >= 11 is 12.6. The van der Waals surface area contributed by atoms with Crippen LogP contribution in [0, 0.1) is 0 Å². The zero-order chi connectivity index (χ0) is 14.5. The Bertz CT molecular complexity index is 634. The molecule has 0 aliphatic carbocycles. The number of benzene rings is 2. The fourth-order valence-corrected chi connectivity index (χ4v) is 2.43. The zero-order valence-electron chi connectivity index (χ0n) is 10.3. The Morgan fingerprint density at radius 3 is 2.55 bits per heavy atom. The number of carbonyl (C=O) groups is 1. The van der Waals surface area contributed by atoms with E-state index in [0.717, 1.165) is 20.3 Å². The molecule has 2 aromatic carbocycles. The van der Waals surface area contributed by atoms with Crippen LogP contribution < -0.4 is 10.6 Å². The van der Waals surface area contributed by atoms with Gasteiger partial charge in [0.15, 0.2) is 0 Å². The molecule has 2 rings (SSSR count). The van der Waals surface area contributed by atoms with E-state index in [1.165, 1.54) is 0 Å². The summed E-state index contributed by atoms with van der Waals surface area (Å²) in [5.74, 6) is -0.122. The minimum Gasteiger partial charge on any atom is -0.376 e. The summed E-state index contributed by atoms with van der Waals surface area (Å²) < 4.78 is 1.64. The fourth-order valence-electron chi connectivity index (χ4n) is 1.55. The molecule has 1 amide bonds. The number of carbonyl (C=O) groups excluding carboxylic acids is 1. The van der Waals surface area contributed by atoms with Crippen molar-refractivity contribution in [1.29, 1.82) is 0 Å². The van der Waals surface area contributed by atoms with E-state index in [4.69, 9.17) is 11.6 Å². The second-order valence-electron chi connectivity index (χ2n) is 4.01. The van der Waals surface area contributed by atoms with Crippen molar-refractivity contribution in [2.75, 3.05) is 17.2 Å². The van der Waals surface area contributed by atoms with Crippen molar-refractivity contribution < 1.29 is 4.79 Å². The lowest BCUT2D eigenvalue weighted by Gasteiger charge is -2.09. The molecule has 2 N–H and O–H groups in total. The highest BCUT2D eigenvalue weighted by Gasteiger charge is 2.05. The summed E-state index contributed by atoms with van der Waals surface area (Å²) in [6.45, 7) is 0.176. The smallest absolute Gasteiger partial charge is 0.243 e. The topological polar surface area (TPSA) is 41.1 Å². The molecule has 20 heavy (non-hydrogen) atoms. The van der Waals surface area contributed by atoms with Gasteiger partial charge in [0.1, 0.15) is 0 Å². The summed E-state index contributed by atoms with van der Waals surface area (Å²) in [4.78, 5) is 11.9. The van der Waals surface area contributed by atoms with Crippen molar-refractivity contribution in [3.8, 4) is 0 Å². The first-order valence-corrected chi connectivity index (χ1v) is 7.76. The lowest BCUT2D eigenvalue weighted by molar-refractivity contribution is -0.114. The molecule has 0 aliphatic heterocycles. The number of nitrogens with one attached hydrogen (secondary N) is 2. The quantitative estimate of drug-likeness (QED) is 0.740. The van der Waals surface area contributed by atoms with E-state index >= 15 is 0 Å². The number of amides is 1. The fraction of sp³-hybridized carbons (Fsp3) is 0.0714. The summed E-state index contributed by atoms with van der Waals surface area (Å²) in [5.41, 5.74) is 1.57. The predicted molar refractivity (Wildman–Crippen MR) is 90.4 cm³/mol. The van der Waals surface area contributed by atoms with Gasteiger partial charge in [-0.15, -0.1) is 0 Å². The van der Waals surface area contributed by atoms with Gasteiger partial charge in [-0.2, -0.15) is 0 Å². The first-order valence-electron chi connectivity index (χ1n) is 5.79. The maximum atomic E-state index is 11.9. The zero-order valence-corrected chi connectivity index (χ0v) is 14.2. The standard InChI is InChI=1S/C14H11Br2ClN2O/c15-10-3-1-2-4-13(10)19-14(20)8-18-9-5-6-12(17)11(16)7-9/h1-7,18H,8H2,(H,19,20). The van der Waals surface area contributed by atoms with Crippen LogP contribution in [0.3, 0.4) is 0 Å². The van der Waals surface area contributed by atoms with E-state index in [0.29, 0.717) is 5.02 Å². The average molecular weight is 419 g/mol. The second kappa shape index (κ2) is 7.11. The van der Waals surface area contributed by atoms with Crippen LogP contribution in [0.4, 0.5) is 11.4 Å². The lowest BCUT2D eigenvalue weighted by Crippen LogP contribution is -2.21. The van der Waals surface area contributed by atoms with Crippen LogP contribution in [0.1, 0.15) is 0 Å². The lowest BCUT2D eigenvalue weighted by atomic mass is 10.3. The first kappa shape index (κ1) is 15.4. The molecule has 0 unspecified atom stereocenters. The van der Waals surface area contributed by atoms with Crippen LogP contribution in [0.25, 0.3) is 0 Å². The van der Waals surface area contributed by atoms with Crippen LogP contribution >= 0.6 is 43.5 Å². The minimum absolute atomic E-state index is 0.122. The van der Waals surface area contributed by atoms with Crippen LogP contribution in [0.5, 0.6) is 0 Å². The largest absolute Gasteiger partial charge is 0.376 e. The molecule has 0 aliphatic rings. The molecule has 6 heteroatoms. The molecule has 0 saturated heterocycles. The molecule has 0 aromatic heterocycles. The number of rotatable bonds is 4. The van der Waals surface area contributed by atoms with Gasteiger partial charge in [0.2, 0.25) is 5.91 Å². The van der Waals surface area contributed by atoms with Gasteiger partial charge < -0.3 is 10.6 Å². The number of anilines is 2. The van der Waals surface area contributed by atoms with Crippen molar-refractivity contribution >= 4 is 60.7 Å². The third-order valence-electron chi connectivity index (χ3n) is 2.52. The van der Waals surface area contributed by atoms with E-state index in [-0.39, 0.29) is 12.5 Å². The Labute approximate surface area is 139 Å². The van der Waals surface area contributed by atoms with Crippen LogP contribution in [-0.2, 0) is 4.79 Å². The predicted octanol–water partition coefficient (Wildman–Crippen LogP) is 4.92. The Kier molecular flexibility index (Phi) is 5.46. The number of hydrogen-bond donors (Lipinski definition) is 2. The normalized spacial score (nSPS) is 10.2. The maximum Gasteiger partial charge on any atom is 0.243 e. The molecule has 0 radical (unpaired) electrons. The van der Waals surface area contributed by atoms with E-state index < -0.39 is 0 Å². The highest BCUT2D eigenvalue weighted by Crippen LogP contribution is 2.25. The Morgan fingerprint density at radius 1 is 1.10 bits per heavy atom. The molecule has 3 nitrogen and oxygen atoms in total. The number of hydrogen-bond acceptors (Lipinski definition) is 2. The highest BCUT2D eigenvalue weighted by atomic mass is 79.9. The SMILES string of the molecule is O=C(CNc1ccc(Cl)c(Br)c1)Nc1ccccc1Br. The van der Waals surface area contributed by atoms with Gasteiger partial charge >= 0.3 is 0 Å². The molecule has 0 fully saturated rings. The Morgan fingerprint density at radius 2 is 1.85 bits per heavy atom. The molecular weight excluding hydrogens is 407 g/mol.